The van der Waals surface area contributed by atoms with Crippen LogP contribution in [0.3, 0.4) is 0 Å². The van der Waals surface area contributed by atoms with Crippen molar-refractivity contribution < 1.29 is 14.3 Å². The molecule has 0 unspecified atom stereocenters. The molecule has 1 heterocycles. The van der Waals surface area contributed by atoms with Gasteiger partial charge in [-0.15, -0.1) is 0 Å². The van der Waals surface area contributed by atoms with E-state index < -0.39 is 0 Å². The highest BCUT2D eigenvalue weighted by atomic mass is 32.2. The molecular weight excluding hydrogens is 238 g/mol. The fourth-order valence-electron chi connectivity index (χ4n) is 1.55. The Morgan fingerprint density at radius 3 is 2.94 bits per heavy atom. The maximum atomic E-state index is 10.2. The first-order chi connectivity index (χ1) is 8.35. The third-order valence-corrected chi connectivity index (χ3v) is 3.70. The fraction of sp³-hybridized carbons (Fsp3) is 0.417. The molecule has 0 saturated carbocycles. The van der Waals surface area contributed by atoms with Crippen LogP contribution in [-0.2, 0) is 11.3 Å². The molecular formula is C12H13NO3S. The predicted octanol–water partition coefficient (Wildman–Crippen LogP) is 2.03. The van der Waals surface area contributed by atoms with Crippen LogP contribution in [-0.4, -0.2) is 30.8 Å². The lowest BCUT2D eigenvalue weighted by atomic mass is 10.2. The van der Waals surface area contributed by atoms with Crippen LogP contribution in [0.15, 0.2) is 23.2 Å². The molecule has 90 valence electrons. The molecule has 1 saturated heterocycles. The van der Waals surface area contributed by atoms with Gasteiger partial charge in [-0.25, -0.2) is 9.79 Å². The minimum Gasteiger partial charge on any atom is -0.493 e. The van der Waals surface area contributed by atoms with Crippen molar-refractivity contribution in [2.75, 3.05) is 18.6 Å². The summed E-state index contributed by atoms with van der Waals surface area (Å²) in [6, 6.07) is 5.58. The molecule has 1 aliphatic heterocycles. The molecule has 0 N–H and O–H groups in total. The molecule has 1 fully saturated rings. The first-order valence-electron chi connectivity index (χ1n) is 5.29. The van der Waals surface area contributed by atoms with Gasteiger partial charge in [-0.2, -0.15) is 11.8 Å². The Morgan fingerprint density at radius 1 is 1.53 bits per heavy atom. The van der Waals surface area contributed by atoms with Crippen LogP contribution < -0.4 is 9.47 Å². The van der Waals surface area contributed by atoms with E-state index in [1.807, 2.05) is 30.0 Å². The van der Waals surface area contributed by atoms with Crippen molar-refractivity contribution >= 4 is 17.8 Å². The van der Waals surface area contributed by atoms with Gasteiger partial charge in [0.1, 0.15) is 6.10 Å². The van der Waals surface area contributed by atoms with Gasteiger partial charge < -0.3 is 9.47 Å². The minimum absolute atomic E-state index is 0.232. The number of hydrogen-bond acceptors (Lipinski definition) is 5. The van der Waals surface area contributed by atoms with Crippen LogP contribution in [0.4, 0.5) is 0 Å². The normalized spacial score (nSPS) is 14.6. The lowest BCUT2D eigenvalue weighted by Gasteiger charge is -2.27. The summed E-state index contributed by atoms with van der Waals surface area (Å²) in [4.78, 5) is 13.7. The van der Waals surface area contributed by atoms with Crippen LogP contribution in [0.25, 0.3) is 0 Å². The molecule has 1 aromatic carbocycles. The third-order valence-electron chi connectivity index (χ3n) is 2.49. The summed E-state index contributed by atoms with van der Waals surface area (Å²) in [6.07, 6.45) is 1.77. The lowest BCUT2D eigenvalue weighted by Crippen LogP contribution is -2.31. The number of aliphatic imine (C=N–C) groups is 1. The summed E-state index contributed by atoms with van der Waals surface area (Å²) in [5.74, 6) is 3.36. The monoisotopic (exact) mass is 251 g/mol. The highest BCUT2D eigenvalue weighted by Gasteiger charge is 2.22. The van der Waals surface area contributed by atoms with E-state index in [1.54, 1.807) is 7.11 Å². The molecule has 0 amide bonds. The summed E-state index contributed by atoms with van der Waals surface area (Å²) >= 11 is 1.85. The Kier molecular flexibility index (Phi) is 4.07. The molecule has 2 rings (SSSR count). The van der Waals surface area contributed by atoms with Gasteiger partial charge in [0.2, 0.25) is 6.08 Å². The maximum absolute atomic E-state index is 10.2. The zero-order valence-electron chi connectivity index (χ0n) is 9.51. The van der Waals surface area contributed by atoms with E-state index in [2.05, 4.69) is 4.99 Å². The average molecular weight is 251 g/mol. The van der Waals surface area contributed by atoms with Gasteiger partial charge in [0, 0.05) is 17.1 Å². The van der Waals surface area contributed by atoms with E-state index in [0.717, 1.165) is 17.1 Å². The first kappa shape index (κ1) is 12.0. The molecule has 0 spiro atoms. The van der Waals surface area contributed by atoms with E-state index in [-0.39, 0.29) is 12.6 Å². The van der Waals surface area contributed by atoms with E-state index in [1.165, 1.54) is 6.08 Å². The number of rotatable bonds is 5. The highest BCUT2D eigenvalue weighted by Crippen LogP contribution is 2.35. The second-order valence-corrected chi connectivity index (χ2v) is 4.71. The number of isocyanates is 1. The number of carbonyl (C=O) groups excluding carboxylic acids is 1. The highest BCUT2D eigenvalue weighted by molar-refractivity contribution is 8.00. The van der Waals surface area contributed by atoms with Crippen LogP contribution in [0.5, 0.6) is 11.5 Å². The van der Waals surface area contributed by atoms with Crippen LogP contribution >= 0.6 is 11.8 Å². The summed E-state index contributed by atoms with van der Waals surface area (Å²) in [7, 11) is 1.60. The Balaban J connectivity index is 2.24. The maximum Gasteiger partial charge on any atom is 0.235 e. The smallest absolute Gasteiger partial charge is 0.235 e. The number of para-hydroxylation sites is 1. The first-order valence-corrected chi connectivity index (χ1v) is 6.44. The Hall–Kier alpha value is -1.45. The standard InChI is InChI=1S/C12H13NO3S/c1-15-11-4-2-3-9(5-13-8-14)12(11)16-10-6-17-7-10/h2-4,10H,5-7H2,1H3. The van der Waals surface area contributed by atoms with Gasteiger partial charge in [-0.3, -0.25) is 0 Å². The summed E-state index contributed by atoms with van der Waals surface area (Å²) < 4.78 is 11.1. The van der Waals surface area contributed by atoms with Gasteiger partial charge in [0.25, 0.3) is 0 Å². The van der Waals surface area contributed by atoms with Crippen molar-refractivity contribution in [3.05, 3.63) is 23.8 Å². The van der Waals surface area contributed by atoms with Gasteiger partial charge in [-0.05, 0) is 6.07 Å². The van der Waals surface area contributed by atoms with Crippen molar-refractivity contribution in [2.45, 2.75) is 12.6 Å². The van der Waals surface area contributed by atoms with Crippen molar-refractivity contribution in [1.82, 2.24) is 0 Å². The quantitative estimate of drug-likeness (QED) is 0.593. The van der Waals surface area contributed by atoms with Gasteiger partial charge in [-0.1, -0.05) is 12.1 Å². The van der Waals surface area contributed by atoms with Crippen molar-refractivity contribution in [3.8, 4) is 11.5 Å². The fourth-order valence-corrected chi connectivity index (χ4v) is 2.11. The molecule has 0 atom stereocenters. The Morgan fingerprint density at radius 2 is 2.35 bits per heavy atom. The number of hydrogen-bond donors (Lipinski definition) is 0. The zero-order chi connectivity index (χ0) is 12.1. The van der Waals surface area contributed by atoms with Crippen molar-refractivity contribution in [2.24, 2.45) is 4.99 Å². The molecule has 0 bridgehead atoms. The summed E-state index contributed by atoms with van der Waals surface area (Å²) in [5, 5.41) is 0. The van der Waals surface area contributed by atoms with Crippen LogP contribution in [0.1, 0.15) is 5.56 Å². The Labute approximate surface area is 104 Å². The van der Waals surface area contributed by atoms with Gasteiger partial charge in [0.15, 0.2) is 11.5 Å². The largest absolute Gasteiger partial charge is 0.493 e. The van der Waals surface area contributed by atoms with E-state index in [4.69, 9.17) is 9.47 Å². The molecule has 4 nitrogen and oxygen atoms in total. The van der Waals surface area contributed by atoms with Crippen molar-refractivity contribution in [3.63, 3.8) is 0 Å². The molecule has 0 aliphatic carbocycles. The predicted molar refractivity (Wildman–Crippen MR) is 66.6 cm³/mol. The van der Waals surface area contributed by atoms with Crippen LogP contribution in [0, 0.1) is 0 Å². The summed E-state index contributed by atoms with van der Waals surface area (Å²) in [5.41, 5.74) is 0.851. The topological polar surface area (TPSA) is 47.9 Å². The number of ether oxygens (including phenoxy) is 2. The number of benzene rings is 1. The molecule has 0 aromatic heterocycles. The van der Waals surface area contributed by atoms with Gasteiger partial charge in [0.05, 0.1) is 13.7 Å². The molecule has 5 heteroatoms. The zero-order valence-corrected chi connectivity index (χ0v) is 10.3. The molecule has 0 radical (unpaired) electrons. The van der Waals surface area contributed by atoms with E-state index in [9.17, 15) is 4.79 Å². The Bertz CT molecular complexity index is 439. The molecule has 17 heavy (non-hydrogen) atoms. The van der Waals surface area contributed by atoms with Gasteiger partial charge >= 0.3 is 0 Å². The second kappa shape index (κ2) is 5.75. The number of methoxy groups -OCH3 is 1. The third kappa shape index (κ3) is 2.81. The van der Waals surface area contributed by atoms with E-state index >= 15 is 0 Å². The number of nitrogens with zero attached hydrogens (tertiary/aromatic N) is 1. The minimum atomic E-state index is 0.232. The lowest BCUT2D eigenvalue weighted by molar-refractivity contribution is 0.226. The summed E-state index contributed by atoms with van der Waals surface area (Å²) in [6.45, 7) is 0.274. The molecule has 1 aliphatic rings. The van der Waals surface area contributed by atoms with Crippen LogP contribution in [0.2, 0.25) is 0 Å². The second-order valence-electron chi connectivity index (χ2n) is 3.63. The number of thioether (sulfide) groups is 1. The van der Waals surface area contributed by atoms with E-state index in [0.29, 0.717) is 11.5 Å². The van der Waals surface area contributed by atoms with Crippen molar-refractivity contribution in [1.29, 1.82) is 0 Å². The molecule has 1 aromatic rings. The average Bonchev–Trinajstić information content (AvgIpc) is 2.31. The SMILES string of the molecule is COc1cccc(CN=C=O)c1OC1CSC1.